The van der Waals surface area contributed by atoms with Crippen LogP contribution >= 0.6 is 0 Å². The van der Waals surface area contributed by atoms with E-state index in [0.717, 1.165) is 19.4 Å². The number of carbonyl (C=O) groups excluding carboxylic acids is 1. The molecule has 1 amide bonds. The topological polar surface area (TPSA) is 81.6 Å². The first-order valence-corrected chi connectivity index (χ1v) is 6.76. The van der Waals surface area contributed by atoms with Gasteiger partial charge in [0.2, 0.25) is 5.91 Å². The average Bonchev–Trinajstić information content (AvgIpc) is 2.28. The molecule has 5 nitrogen and oxygen atoms in total. The number of nitrogens with two attached hydrogens (primary N) is 2. The van der Waals surface area contributed by atoms with Gasteiger partial charge in [-0.1, -0.05) is 0 Å². The van der Waals surface area contributed by atoms with E-state index in [9.17, 15) is 4.79 Å². The monoisotopic (exact) mass is 257 g/mol. The summed E-state index contributed by atoms with van der Waals surface area (Å²) in [6.07, 6.45) is 3.64. The van der Waals surface area contributed by atoms with E-state index in [1.54, 1.807) is 0 Å². The molecule has 0 spiro atoms. The molecule has 1 aliphatic carbocycles. The summed E-state index contributed by atoms with van der Waals surface area (Å²) in [4.78, 5) is 13.6. The largest absolute Gasteiger partial charge is 0.377 e. The van der Waals surface area contributed by atoms with Gasteiger partial charge in [0, 0.05) is 12.6 Å². The maximum absolute atomic E-state index is 11.4. The second-order valence-electron chi connectivity index (χ2n) is 5.67. The maximum atomic E-state index is 11.4. The van der Waals surface area contributed by atoms with Crippen molar-refractivity contribution in [3.05, 3.63) is 0 Å². The summed E-state index contributed by atoms with van der Waals surface area (Å²) in [6.45, 7) is 5.62. The molecule has 0 aliphatic heterocycles. The molecule has 5 heteroatoms. The molecule has 0 radical (unpaired) electrons. The van der Waals surface area contributed by atoms with E-state index >= 15 is 0 Å². The van der Waals surface area contributed by atoms with E-state index in [1.165, 1.54) is 0 Å². The van der Waals surface area contributed by atoms with Crippen LogP contribution in [0.3, 0.4) is 0 Å². The van der Waals surface area contributed by atoms with E-state index in [0.29, 0.717) is 25.5 Å². The number of amides is 1. The number of rotatable bonds is 6. The molecule has 1 rings (SSSR count). The molecular formula is C13H27N3O2. The lowest BCUT2D eigenvalue weighted by Crippen LogP contribution is -2.58. The quantitative estimate of drug-likeness (QED) is 0.724. The fourth-order valence-corrected chi connectivity index (χ4v) is 2.49. The fourth-order valence-electron chi connectivity index (χ4n) is 2.49. The highest BCUT2D eigenvalue weighted by Crippen LogP contribution is 2.28. The Morgan fingerprint density at radius 2 is 2.22 bits per heavy atom. The Morgan fingerprint density at radius 1 is 1.56 bits per heavy atom. The molecule has 0 heterocycles. The van der Waals surface area contributed by atoms with Gasteiger partial charge < -0.3 is 21.1 Å². The number of nitrogens with zero attached hydrogens (tertiary/aromatic N) is 1. The number of hydrogen-bond acceptors (Lipinski definition) is 4. The highest BCUT2D eigenvalue weighted by molar-refractivity contribution is 5.84. The lowest BCUT2D eigenvalue weighted by molar-refractivity contribution is -0.125. The predicted octanol–water partition coefficient (Wildman–Crippen LogP) is 0.469. The van der Waals surface area contributed by atoms with Crippen molar-refractivity contribution in [2.24, 2.45) is 11.5 Å². The number of hydrogen-bond donors (Lipinski definition) is 2. The molecule has 1 aliphatic rings. The average molecular weight is 257 g/mol. The Morgan fingerprint density at radius 3 is 2.78 bits per heavy atom. The van der Waals surface area contributed by atoms with Crippen molar-refractivity contribution in [2.45, 2.75) is 57.2 Å². The predicted molar refractivity (Wildman–Crippen MR) is 72.1 cm³/mol. The van der Waals surface area contributed by atoms with Gasteiger partial charge in [0.15, 0.2) is 0 Å². The Kier molecular flexibility index (Phi) is 5.56. The first-order chi connectivity index (χ1) is 8.35. The molecule has 0 aromatic rings. The Balaban J connectivity index is 2.43. The van der Waals surface area contributed by atoms with Crippen molar-refractivity contribution in [2.75, 3.05) is 20.2 Å². The zero-order valence-electron chi connectivity index (χ0n) is 11.8. The van der Waals surface area contributed by atoms with Crippen LogP contribution in [0, 0.1) is 0 Å². The summed E-state index contributed by atoms with van der Waals surface area (Å²) < 4.78 is 5.54. The molecule has 1 fully saturated rings. The van der Waals surface area contributed by atoms with Gasteiger partial charge in [0.25, 0.3) is 0 Å². The molecule has 18 heavy (non-hydrogen) atoms. The SMILES string of the molecule is CC(C)OCCN(C)C1CCCC(N)(C(N)=O)C1. The molecule has 2 unspecified atom stereocenters. The number of likely N-dealkylation sites (N-methyl/N-ethyl adjacent to an activating group) is 1. The Bertz CT molecular complexity index is 283. The minimum absolute atomic E-state index is 0.254. The van der Waals surface area contributed by atoms with Crippen molar-refractivity contribution in [3.63, 3.8) is 0 Å². The standard InChI is InChI=1S/C13H27N3O2/c1-10(2)18-8-7-16(3)11-5-4-6-13(15,9-11)12(14)17/h10-11H,4-9,15H2,1-3H3,(H2,14,17). The van der Waals surface area contributed by atoms with Crippen molar-refractivity contribution in [3.8, 4) is 0 Å². The second-order valence-corrected chi connectivity index (χ2v) is 5.67. The summed E-state index contributed by atoms with van der Waals surface area (Å²) in [6, 6.07) is 0.326. The third kappa shape index (κ3) is 4.23. The van der Waals surface area contributed by atoms with Crippen LogP contribution < -0.4 is 11.5 Å². The van der Waals surface area contributed by atoms with E-state index in [4.69, 9.17) is 16.2 Å². The highest BCUT2D eigenvalue weighted by atomic mass is 16.5. The molecule has 1 saturated carbocycles. The second kappa shape index (κ2) is 6.50. The molecule has 2 atom stereocenters. The number of primary amides is 1. The van der Waals surface area contributed by atoms with Crippen molar-refractivity contribution < 1.29 is 9.53 Å². The molecule has 0 aromatic carbocycles. The lowest BCUT2D eigenvalue weighted by Gasteiger charge is -2.39. The molecule has 106 valence electrons. The van der Waals surface area contributed by atoms with Crippen molar-refractivity contribution >= 4 is 5.91 Å². The first kappa shape index (κ1) is 15.4. The van der Waals surface area contributed by atoms with Crippen LogP contribution in [0.2, 0.25) is 0 Å². The van der Waals surface area contributed by atoms with Crippen LogP contribution in [0.15, 0.2) is 0 Å². The summed E-state index contributed by atoms with van der Waals surface area (Å²) >= 11 is 0. The normalized spacial score (nSPS) is 28.9. The molecular weight excluding hydrogens is 230 g/mol. The molecule has 0 aromatic heterocycles. The van der Waals surface area contributed by atoms with E-state index in [-0.39, 0.29) is 12.0 Å². The van der Waals surface area contributed by atoms with Crippen molar-refractivity contribution in [1.29, 1.82) is 0 Å². The van der Waals surface area contributed by atoms with Crippen LogP contribution in [-0.4, -0.2) is 48.7 Å². The summed E-state index contributed by atoms with van der Waals surface area (Å²) in [5.41, 5.74) is 10.6. The van der Waals surface area contributed by atoms with Gasteiger partial charge in [0.05, 0.1) is 18.2 Å². The minimum atomic E-state index is -0.823. The van der Waals surface area contributed by atoms with E-state index < -0.39 is 5.54 Å². The van der Waals surface area contributed by atoms with Crippen LogP contribution in [-0.2, 0) is 9.53 Å². The summed E-state index contributed by atoms with van der Waals surface area (Å²) in [5, 5.41) is 0. The summed E-state index contributed by atoms with van der Waals surface area (Å²) in [7, 11) is 2.06. The third-order valence-electron chi connectivity index (χ3n) is 3.77. The van der Waals surface area contributed by atoms with Crippen LogP contribution in [0.5, 0.6) is 0 Å². The van der Waals surface area contributed by atoms with E-state index in [2.05, 4.69) is 11.9 Å². The van der Waals surface area contributed by atoms with Gasteiger partial charge >= 0.3 is 0 Å². The Labute approximate surface area is 110 Å². The Hall–Kier alpha value is -0.650. The van der Waals surface area contributed by atoms with Gasteiger partial charge in [-0.15, -0.1) is 0 Å². The van der Waals surface area contributed by atoms with Gasteiger partial charge in [-0.05, 0) is 46.6 Å². The van der Waals surface area contributed by atoms with Gasteiger partial charge in [-0.25, -0.2) is 0 Å². The van der Waals surface area contributed by atoms with E-state index in [1.807, 2.05) is 13.8 Å². The fraction of sp³-hybridized carbons (Fsp3) is 0.923. The number of ether oxygens (including phenoxy) is 1. The maximum Gasteiger partial charge on any atom is 0.237 e. The molecule has 0 bridgehead atoms. The third-order valence-corrected chi connectivity index (χ3v) is 3.77. The summed E-state index contributed by atoms with van der Waals surface area (Å²) in [5.74, 6) is -0.376. The highest BCUT2D eigenvalue weighted by Gasteiger charge is 2.38. The van der Waals surface area contributed by atoms with Gasteiger partial charge in [-0.2, -0.15) is 0 Å². The zero-order valence-corrected chi connectivity index (χ0v) is 11.8. The lowest BCUT2D eigenvalue weighted by atomic mass is 9.79. The van der Waals surface area contributed by atoms with Crippen molar-refractivity contribution in [1.82, 2.24) is 4.90 Å². The van der Waals surface area contributed by atoms with Gasteiger partial charge in [0.1, 0.15) is 0 Å². The number of carbonyl (C=O) groups is 1. The molecule has 0 saturated heterocycles. The van der Waals surface area contributed by atoms with Crippen LogP contribution in [0.1, 0.15) is 39.5 Å². The minimum Gasteiger partial charge on any atom is -0.377 e. The first-order valence-electron chi connectivity index (χ1n) is 6.76. The smallest absolute Gasteiger partial charge is 0.237 e. The van der Waals surface area contributed by atoms with Gasteiger partial charge in [-0.3, -0.25) is 4.79 Å². The molecule has 4 N–H and O–H groups in total. The van der Waals surface area contributed by atoms with Crippen LogP contribution in [0.4, 0.5) is 0 Å². The zero-order chi connectivity index (χ0) is 13.8. The van der Waals surface area contributed by atoms with Crippen LogP contribution in [0.25, 0.3) is 0 Å².